The zero-order valence-electron chi connectivity index (χ0n) is 11.7. The van der Waals surface area contributed by atoms with Crippen LogP contribution in [0.5, 0.6) is 0 Å². The zero-order valence-corrected chi connectivity index (χ0v) is 13.3. The van der Waals surface area contributed by atoms with Gasteiger partial charge in [-0.15, -0.1) is 11.3 Å². The maximum Gasteiger partial charge on any atom is 0.250 e. The van der Waals surface area contributed by atoms with E-state index in [0.29, 0.717) is 30.3 Å². The SMILES string of the molecule is CCNCc1sc(S(=O)(=O)NCCCOC)cc1C. The van der Waals surface area contributed by atoms with Crippen molar-refractivity contribution in [3.63, 3.8) is 0 Å². The number of sulfonamides is 1. The van der Waals surface area contributed by atoms with Crippen LogP contribution in [-0.4, -0.2) is 35.2 Å². The van der Waals surface area contributed by atoms with Gasteiger partial charge in [-0.1, -0.05) is 6.92 Å². The van der Waals surface area contributed by atoms with Crippen molar-refractivity contribution < 1.29 is 13.2 Å². The molecule has 0 aromatic carbocycles. The summed E-state index contributed by atoms with van der Waals surface area (Å²) in [6.07, 6.45) is 0.671. The average molecular weight is 306 g/mol. The summed E-state index contributed by atoms with van der Waals surface area (Å²) < 4.78 is 32.0. The number of aryl methyl sites for hydroxylation is 1. The Bertz CT molecular complexity index is 483. The molecule has 5 nitrogen and oxygen atoms in total. The van der Waals surface area contributed by atoms with Crippen LogP contribution < -0.4 is 10.0 Å². The summed E-state index contributed by atoms with van der Waals surface area (Å²) >= 11 is 1.33. The second kappa shape index (κ2) is 7.96. The van der Waals surface area contributed by atoms with Gasteiger partial charge in [-0.05, 0) is 31.5 Å². The Morgan fingerprint density at radius 3 is 2.79 bits per heavy atom. The monoisotopic (exact) mass is 306 g/mol. The van der Waals surface area contributed by atoms with E-state index in [1.165, 1.54) is 11.3 Å². The fourth-order valence-electron chi connectivity index (χ4n) is 1.53. The molecule has 19 heavy (non-hydrogen) atoms. The minimum absolute atomic E-state index is 0.385. The molecule has 0 radical (unpaired) electrons. The van der Waals surface area contributed by atoms with Crippen LogP contribution in [0, 0.1) is 6.92 Å². The van der Waals surface area contributed by atoms with Gasteiger partial charge in [0.05, 0.1) is 0 Å². The van der Waals surface area contributed by atoms with E-state index in [1.54, 1.807) is 13.2 Å². The first-order chi connectivity index (χ1) is 9.01. The molecule has 0 unspecified atom stereocenters. The molecule has 0 fully saturated rings. The molecule has 0 spiro atoms. The minimum Gasteiger partial charge on any atom is -0.385 e. The molecule has 1 heterocycles. The van der Waals surface area contributed by atoms with Gasteiger partial charge in [0.1, 0.15) is 4.21 Å². The van der Waals surface area contributed by atoms with E-state index in [2.05, 4.69) is 10.0 Å². The lowest BCUT2D eigenvalue weighted by Gasteiger charge is -2.03. The van der Waals surface area contributed by atoms with E-state index in [1.807, 2.05) is 13.8 Å². The first kappa shape index (κ1) is 16.6. The highest BCUT2D eigenvalue weighted by Crippen LogP contribution is 2.25. The molecule has 0 aliphatic carbocycles. The summed E-state index contributed by atoms with van der Waals surface area (Å²) in [7, 11) is -1.78. The van der Waals surface area contributed by atoms with Gasteiger partial charge < -0.3 is 10.1 Å². The van der Waals surface area contributed by atoms with Crippen LogP contribution in [0.4, 0.5) is 0 Å². The van der Waals surface area contributed by atoms with Crippen molar-refractivity contribution in [3.05, 3.63) is 16.5 Å². The van der Waals surface area contributed by atoms with Crippen LogP contribution >= 0.6 is 11.3 Å². The molecule has 0 aliphatic rings. The minimum atomic E-state index is -3.38. The first-order valence-electron chi connectivity index (χ1n) is 6.30. The molecule has 0 bridgehead atoms. The van der Waals surface area contributed by atoms with E-state index >= 15 is 0 Å². The summed E-state index contributed by atoms with van der Waals surface area (Å²) in [6.45, 7) is 6.50. The predicted octanol–water partition coefficient (Wildman–Crippen LogP) is 1.48. The Labute approximate surface area is 119 Å². The Hall–Kier alpha value is -0.470. The highest BCUT2D eigenvalue weighted by atomic mass is 32.2. The average Bonchev–Trinajstić information content (AvgIpc) is 2.74. The van der Waals surface area contributed by atoms with Crippen molar-refractivity contribution in [2.75, 3.05) is 26.8 Å². The van der Waals surface area contributed by atoms with E-state index in [0.717, 1.165) is 17.0 Å². The molecule has 0 amide bonds. The topological polar surface area (TPSA) is 67.4 Å². The quantitative estimate of drug-likeness (QED) is 0.678. The number of methoxy groups -OCH3 is 1. The Morgan fingerprint density at radius 1 is 1.42 bits per heavy atom. The normalized spacial score (nSPS) is 11.9. The van der Waals surface area contributed by atoms with Crippen LogP contribution in [0.3, 0.4) is 0 Å². The first-order valence-corrected chi connectivity index (χ1v) is 8.60. The van der Waals surface area contributed by atoms with Gasteiger partial charge in [0.15, 0.2) is 0 Å². The molecular formula is C12H22N2O3S2. The largest absolute Gasteiger partial charge is 0.385 e. The number of thiophene rings is 1. The molecule has 1 aromatic rings. The van der Waals surface area contributed by atoms with E-state index < -0.39 is 10.0 Å². The number of rotatable bonds is 9. The fourth-order valence-corrected chi connectivity index (χ4v) is 4.21. The smallest absolute Gasteiger partial charge is 0.250 e. The van der Waals surface area contributed by atoms with Gasteiger partial charge in [-0.25, -0.2) is 13.1 Å². The molecule has 7 heteroatoms. The third-order valence-electron chi connectivity index (χ3n) is 2.62. The van der Waals surface area contributed by atoms with Crippen LogP contribution in [-0.2, 0) is 21.3 Å². The second-order valence-electron chi connectivity index (χ2n) is 4.20. The molecule has 0 atom stereocenters. The van der Waals surface area contributed by atoms with Crippen LogP contribution in [0.1, 0.15) is 23.8 Å². The molecule has 0 saturated heterocycles. The van der Waals surface area contributed by atoms with E-state index in [9.17, 15) is 8.42 Å². The van der Waals surface area contributed by atoms with Gasteiger partial charge in [0.2, 0.25) is 10.0 Å². The van der Waals surface area contributed by atoms with Gasteiger partial charge in [-0.2, -0.15) is 0 Å². The Balaban J connectivity index is 2.67. The van der Waals surface area contributed by atoms with Crippen LogP contribution in [0.2, 0.25) is 0 Å². The molecule has 0 aliphatic heterocycles. The highest BCUT2D eigenvalue weighted by molar-refractivity contribution is 7.91. The van der Waals surface area contributed by atoms with Crippen molar-refractivity contribution in [2.45, 2.75) is 31.0 Å². The zero-order chi connectivity index (χ0) is 14.3. The van der Waals surface area contributed by atoms with Gasteiger partial charge >= 0.3 is 0 Å². The predicted molar refractivity (Wildman–Crippen MR) is 78.1 cm³/mol. The Morgan fingerprint density at radius 2 is 2.16 bits per heavy atom. The lowest BCUT2D eigenvalue weighted by atomic mass is 10.3. The summed E-state index contributed by atoms with van der Waals surface area (Å²) in [6, 6.07) is 1.73. The second-order valence-corrected chi connectivity index (χ2v) is 7.33. The van der Waals surface area contributed by atoms with Gasteiger partial charge in [0.25, 0.3) is 0 Å². The van der Waals surface area contributed by atoms with E-state index in [4.69, 9.17) is 4.74 Å². The molecule has 110 valence electrons. The molecule has 0 saturated carbocycles. The highest BCUT2D eigenvalue weighted by Gasteiger charge is 2.18. The van der Waals surface area contributed by atoms with Crippen molar-refractivity contribution in [2.24, 2.45) is 0 Å². The number of hydrogen-bond acceptors (Lipinski definition) is 5. The number of nitrogens with one attached hydrogen (secondary N) is 2. The maximum atomic E-state index is 12.1. The van der Waals surface area contributed by atoms with Crippen molar-refractivity contribution in [3.8, 4) is 0 Å². The summed E-state index contributed by atoms with van der Waals surface area (Å²) in [5.41, 5.74) is 1.02. The van der Waals surface area contributed by atoms with Crippen LogP contribution in [0.15, 0.2) is 10.3 Å². The lowest BCUT2D eigenvalue weighted by molar-refractivity contribution is 0.196. The van der Waals surface area contributed by atoms with Crippen molar-refractivity contribution in [1.29, 1.82) is 0 Å². The Kier molecular flexibility index (Phi) is 6.95. The van der Waals surface area contributed by atoms with Gasteiger partial charge in [-0.3, -0.25) is 0 Å². The summed E-state index contributed by atoms with van der Waals surface area (Å²) in [4.78, 5) is 1.07. The molecule has 1 aromatic heterocycles. The third-order valence-corrected chi connectivity index (χ3v) is 5.79. The van der Waals surface area contributed by atoms with E-state index in [-0.39, 0.29) is 0 Å². The third kappa shape index (κ3) is 5.19. The fraction of sp³-hybridized carbons (Fsp3) is 0.667. The lowest BCUT2D eigenvalue weighted by Crippen LogP contribution is -2.24. The number of hydrogen-bond donors (Lipinski definition) is 2. The maximum absolute atomic E-state index is 12.1. The van der Waals surface area contributed by atoms with Crippen molar-refractivity contribution >= 4 is 21.4 Å². The number of ether oxygens (including phenoxy) is 1. The molecule has 2 N–H and O–H groups in total. The molecule has 1 rings (SSSR count). The summed E-state index contributed by atoms with van der Waals surface area (Å²) in [5, 5.41) is 3.21. The van der Waals surface area contributed by atoms with Gasteiger partial charge in [0, 0.05) is 31.7 Å². The summed E-state index contributed by atoms with van der Waals surface area (Å²) in [5.74, 6) is 0. The van der Waals surface area contributed by atoms with Crippen molar-refractivity contribution in [1.82, 2.24) is 10.0 Å². The molecular weight excluding hydrogens is 284 g/mol. The standard InChI is InChI=1S/C12H22N2O3S2/c1-4-13-9-11-10(2)8-12(18-11)19(15,16)14-6-5-7-17-3/h8,13-14H,4-7,9H2,1-3H3. The van der Waals surface area contributed by atoms with Crippen LogP contribution in [0.25, 0.3) is 0 Å².